The highest BCUT2D eigenvalue weighted by molar-refractivity contribution is 9.10. The molecule has 2 aromatic rings. The van der Waals surface area contributed by atoms with E-state index in [1.807, 2.05) is 12.1 Å². The smallest absolute Gasteiger partial charge is 0.124 e. The van der Waals surface area contributed by atoms with E-state index >= 15 is 0 Å². The first-order valence-electron chi connectivity index (χ1n) is 5.40. The van der Waals surface area contributed by atoms with E-state index in [4.69, 9.17) is 5.73 Å². The van der Waals surface area contributed by atoms with Gasteiger partial charge < -0.3 is 5.73 Å². The monoisotopic (exact) mass is 313 g/mol. The van der Waals surface area contributed by atoms with Gasteiger partial charge in [0.15, 0.2) is 0 Å². The van der Waals surface area contributed by atoms with Crippen molar-refractivity contribution in [2.75, 3.05) is 0 Å². The van der Waals surface area contributed by atoms with E-state index < -0.39 is 0 Å². The lowest BCUT2D eigenvalue weighted by atomic mass is 10.1. The minimum Gasteiger partial charge on any atom is -0.320 e. The van der Waals surface area contributed by atoms with Crippen LogP contribution in [0.1, 0.15) is 28.3 Å². The van der Waals surface area contributed by atoms with Gasteiger partial charge in [0.05, 0.1) is 6.04 Å². The average molecular weight is 314 g/mol. The number of hydrogen-bond donors (Lipinski definition) is 1. The molecule has 0 amide bonds. The molecule has 17 heavy (non-hydrogen) atoms. The van der Waals surface area contributed by atoms with Crippen LogP contribution < -0.4 is 5.73 Å². The van der Waals surface area contributed by atoms with Gasteiger partial charge in [-0.15, -0.1) is 11.3 Å². The van der Waals surface area contributed by atoms with Crippen LogP contribution in [0.3, 0.4) is 0 Å². The lowest BCUT2D eigenvalue weighted by molar-refractivity contribution is 0.623. The molecule has 0 aliphatic heterocycles. The summed E-state index contributed by atoms with van der Waals surface area (Å²) in [5.74, 6) is -0.267. The third kappa shape index (κ3) is 2.94. The van der Waals surface area contributed by atoms with Crippen molar-refractivity contribution in [2.45, 2.75) is 19.4 Å². The van der Waals surface area contributed by atoms with Crippen LogP contribution in [0.5, 0.6) is 0 Å². The van der Waals surface area contributed by atoms with Crippen LogP contribution in [0.2, 0.25) is 0 Å². The summed E-state index contributed by atoms with van der Waals surface area (Å²) in [5, 5.41) is 0. The van der Waals surface area contributed by atoms with Crippen molar-refractivity contribution in [3.05, 3.63) is 55.9 Å². The third-order valence-electron chi connectivity index (χ3n) is 2.58. The van der Waals surface area contributed by atoms with E-state index in [9.17, 15) is 4.39 Å². The van der Waals surface area contributed by atoms with Gasteiger partial charge in [-0.3, -0.25) is 0 Å². The number of aryl methyl sites for hydroxylation is 1. The zero-order chi connectivity index (χ0) is 12.4. The maximum atomic E-state index is 13.3. The number of rotatable bonds is 3. The average Bonchev–Trinajstić information content (AvgIpc) is 2.75. The van der Waals surface area contributed by atoms with Crippen LogP contribution in [0, 0.1) is 5.82 Å². The first-order valence-corrected chi connectivity index (χ1v) is 7.01. The van der Waals surface area contributed by atoms with Gasteiger partial charge in [-0.1, -0.05) is 22.9 Å². The normalized spacial score (nSPS) is 12.7. The molecule has 0 fully saturated rings. The standard InChI is InChI=1S/C13H13BrFNS/c1-2-11-3-4-12(17-11)13(16)8-5-9(14)7-10(15)6-8/h3-7,13H,2,16H2,1H3. The molecule has 1 atom stereocenters. The molecule has 1 heterocycles. The van der Waals surface area contributed by atoms with Crippen LogP contribution in [0.15, 0.2) is 34.8 Å². The Balaban J connectivity index is 2.32. The van der Waals surface area contributed by atoms with Crippen LogP contribution in [-0.2, 0) is 6.42 Å². The van der Waals surface area contributed by atoms with E-state index in [-0.39, 0.29) is 11.9 Å². The highest BCUT2D eigenvalue weighted by atomic mass is 79.9. The van der Waals surface area contributed by atoms with Crippen LogP contribution in [-0.4, -0.2) is 0 Å². The van der Waals surface area contributed by atoms with Gasteiger partial charge in [-0.2, -0.15) is 0 Å². The van der Waals surface area contributed by atoms with Gasteiger partial charge in [-0.25, -0.2) is 4.39 Å². The molecule has 0 spiro atoms. The lowest BCUT2D eigenvalue weighted by Crippen LogP contribution is -2.10. The van der Waals surface area contributed by atoms with Gasteiger partial charge in [-0.05, 0) is 42.3 Å². The van der Waals surface area contributed by atoms with Gasteiger partial charge in [0.1, 0.15) is 5.82 Å². The van der Waals surface area contributed by atoms with Crippen LogP contribution in [0.4, 0.5) is 4.39 Å². The Morgan fingerprint density at radius 2 is 2.12 bits per heavy atom. The van der Waals surface area contributed by atoms with Crippen molar-refractivity contribution in [3.63, 3.8) is 0 Å². The summed E-state index contributed by atoms with van der Waals surface area (Å²) in [6.45, 7) is 2.11. The Kier molecular flexibility index (Phi) is 3.97. The molecular weight excluding hydrogens is 301 g/mol. The molecular formula is C13H13BrFNS. The molecule has 1 nitrogen and oxygen atoms in total. The van der Waals surface area contributed by atoms with Crippen molar-refractivity contribution in [2.24, 2.45) is 5.73 Å². The summed E-state index contributed by atoms with van der Waals surface area (Å²) < 4.78 is 14.0. The van der Waals surface area contributed by atoms with Gasteiger partial charge in [0.2, 0.25) is 0 Å². The van der Waals surface area contributed by atoms with Crippen molar-refractivity contribution < 1.29 is 4.39 Å². The molecule has 2 rings (SSSR count). The number of thiophene rings is 1. The SMILES string of the molecule is CCc1ccc(C(N)c2cc(F)cc(Br)c2)s1. The summed E-state index contributed by atoms with van der Waals surface area (Å²) in [6.07, 6.45) is 1.00. The van der Waals surface area contributed by atoms with Gasteiger partial charge in [0.25, 0.3) is 0 Å². The molecule has 0 saturated carbocycles. The quantitative estimate of drug-likeness (QED) is 0.900. The second-order valence-corrected chi connectivity index (χ2v) is 5.95. The summed E-state index contributed by atoms with van der Waals surface area (Å²) in [5.41, 5.74) is 6.94. The zero-order valence-electron chi connectivity index (χ0n) is 9.41. The van der Waals surface area contributed by atoms with Crippen molar-refractivity contribution >= 4 is 27.3 Å². The predicted octanol–water partition coefficient (Wildman–Crippen LogP) is 4.26. The molecule has 0 aliphatic carbocycles. The number of benzene rings is 1. The summed E-state index contributed by atoms with van der Waals surface area (Å²) in [6, 6.07) is 8.62. The van der Waals surface area contributed by atoms with Crippen molar-refractivity contribution in [1.29, 1.82) is 0 Å². The summed E-state index contributed by atoms with van der Waals surface area (Å²) >= 11 is 4.97. The molecule has 0 aliphatic rings. The van der Waals surface area contributed by atoms with Gasteiger partial charge >= 0.3 is 0 Å². The summed E-state index contributed by atoms with van der Waals surface area (Å²) in [4.78, 5) is 2.37. The Labute approximate surface area is 113 Å². The number of hydrogen-bond acceptors (Lipinski definition) is 2. The lowest BCUT2D eigenvalue weighted by Gasteiger charge is -2.10. The van der Waals surface area contributed by atoms with Crippen LogP contribution in [0.25, 0.3) is 0 Å². The van der Waals surface area contributed by atoms with E-state index in [1.54, 1.807) is 11.3 Å². The molecule has 0 saturated heterocycles. The fraction of sp³-hybridized carbons (Fsp3) is 0.231. The number of nitrogens with two attached hydrogens (primary N) is 1. The minimum absolute atomic E-state index is 0.257. The number of halogens is 2. The molecule has 1 unspecified atom stereocenters. The highest BCUT2D eigenvalue weighted by Crippen LogP contribution is 2.29. The molecule has 1 aromatic carbocycles. The third-order valence-corrected chi connectivity index (χ3v) is 4.35. The fourth-order valence-electron chi connectivity index (χ4n) is 1.67. The maximum absolute atomic E-state index is 13.3. The topological polar surface area (TPSA) is 26.0 Å². The molecule has 1 aromatic heterocycles. The maximum Gasteiger partial charge on any atom is 0.124 e. The first-order chi connectivity index (χ1) is 8.10. The van der Waals surface area contributed by atoms with E-state index in [0.29, 0.717) is 0 Å². The highest BCUT2D eigenvalue weighted by Gasteiger charge is 2.12. The Morgan fingerprint density at radius 1 is 1.35 bits per heavy atom. The van der Waals surface area contributed by atoms with Crippen molar-refractivity contribution in [1.82, 2.24) is 0 Å². The predicted molar refractivity (Wildman–Crippen MR) is 73.8 cm³/mol. The fourth-order valence-corrected chi connectivity index (χ4v) is 3.14. The molecule has 0 bridgehead atoms. The first kappa shape index (κ1) is 12.7. The Morgan fingerprint density at radius 3 is 2.71 bits per heavy atom. The van der Waals surface area contributed by atoms with Crippen LogP contribution >= 0.6 is 27.3 Å². The van der Waals surface area contributed by atoms with E-state index in [2.05, 4.69) is 28.9 Å². The second-order valence-electron chi connectivity index (χ2n) is 3.84. The summed E-state index contributed by atoms with van der Waals surface area (Å²) in [7, 11) is 0. The Bertz CT molecular complexity index is 504. The molecule has 0 radical (unpaired) electrons. The molecule has 90 valence electrons. The second kappa shape index (κ2) is 5.29. The van der Waals surface area contributed by atoms with Gasteiger partial charge in [0, 0.05) is 14.2 Å². The zero-order valence-corrected chi connectivity index (χ0v) is 11.8. The largest absolute Gasteiger partial charge is 0.320 e. The minimum atomic E-state index is -0.267. The molecule has 2 N–H and O–H groups in total. The Hall–Kier alpha value is -0.710. The van der Waals surface area contributed by atoms with Crippen molar-refractivity contribution in [3.8, 4) is 0 Å². The van der Waals surface area contributed by atoms with E-state index in [1.165, 1.54) is 17.0 Å². The van der Waals surface area contributed by atoms with E-state index in [0.717, 1.165) is 21.3 Å². The molecule has 4 heteroatoms.